The minimum absolute atomic E-state index is 0.730. The molecule has 2 N–H and O–H groups in total. The summed E-state index contributed by atoms with van der Waals surface area (Å²) in [7, 11) is 0. The molecule has 1 saturated carbocycles. The Morgan fingerprint density at radius 2 is 2.31 bits per heavy atom. The van der Waals surface area contributed by atoms with E-state index in [2.05, 4.69) is 22.0 Å². The first kappa shape index (κ1) is 11.4. The van der Waals surface area contributed by atoms with Crippen LogP contribution < -0.4 is 10.6 Å². The third-order valence-electron chi connectivity index (χ3n) is 3.33. The van der Waals surface area contributed by atoms with Crippen molar-refractivity contribution in [3.63, 3.8) is 0 Å². The summed E-state index contributed by atoms with van der Waals surface area (Å²) in [5.74, 6) is 0. The molecule has 88 valence electrons. The molecule has 0 saturated heterocycles. The predicted octanol–water partition coefficient (Wildman–Crippen LogP) is 2.10. The van der Waals surface area contributed by atoms with E-state index in [1.54, 1.807) is 0 Å². The van der Waals surface area contributed by atoms with Gasteiger partial charge in [-0.3, -0.25) is 4.98 Å². The van der Waals surface area contributed by atoms with E-state index in [1.165, 1.54) is 24.9 Å². The Kier molecular flexibility index (Phi) is 3.78. The maximum atomic E-state index is 5.61. The minimum Gasteiger partial charge on any atom is -0.368 e. The van der Waals surface area contributed by atoms with Gasteiger partial charge in [-0.2, -0.15) is 0 Å². The van der Waals surface area contributed by atoms with Crippen LogP contribution in [-0.2, 0) is 0 Å². The van der Waals surface area contributed by atoms with Gasteiger partial charge in [-0.05, 0) is 51.3 Å². The number of nitrogens with zero attached hydrogens (tertiary/aromatic N) is 2. The standard InChI is InChI=1S/C13H21N3/c1-11-10-13(6-8-15-11)16(9-3-7-14)12-4-2-5-12/h6,8,10,12H,2-5,7,9,14H2,1H3. The molecule has 16 heavy (non-hydrogen) atoms. The molecule has 1 aliphatic rings. The van der Waals surface area contributed by atoms with E-state index in [9.17, 15) is 0 Å². The lowest BCUT2D eigenvalue weighted by molar-refractivity contribution is 0.385. The number of aromatic nitrogens is 1. The van der Waals surface area contributed by atoms with Crippen molar-refractivity contribution in [1.82, 2.24) is 4.98 Å². The number of aryl methyl sites for hydroxylation is 1. The Balaban J connectivity index is 2.10. The number of nitrogens with two attached hydrogens (primary N) is 1. The molecule has 0 aliphatic heterocycles. The number of rotatable bonds is 5. The molecule has 0 spiro atoms. The van der Waals surface area contributed by atoms with Gasteiger partial charge in [0.25, 0.3) is 0 Å². The van der Waals surface area contributed by atoms with Gasteiger partial charge in [0.15, 0.2) is 0 Å². The fourth-order valence-electron chi connectivity index (χ4n) is 2.19. The van der Waals surface area contributed by atoms with Crippen LogP contribution in [0.3, 0.4) is 0 Å². The van der Waals surface area contributed by atoms with Crippen LogP contribution in [0, 0.1) is 6.92 Å². The van der Waals surface area contributed by atoms with E-state index in [-0.39, 0.29) is 0 Å². The van der Waals surface area contributed by atoms with Crippen molar-refractivity contribution >= 4 is 5.69 Å². The number of anilines is 1. The third kappa shape index (κ3) is 2.53. The molecule has 1 heterocycles. The second kappa shape index (κ2) is 5.30. The summed E-state index contributed by atoms with van der Waals surface area (Å²) in [6, 6.07) is 5.02. The Bertz CT molecular complexity index is 334. The first-order chi connectivity index (χ1) is 7.81. The van der Waals surface area contributed by atoms with Crippen LogP contribution in [0.15, 0.2) is 18.3 Å². The summed E-state index contributed by atoms with van der Waals surface area (Å²) in [5, 5.41) is 0. The summed E-state index contributed by atoms with van der Waals surface area (Å²) >= 11 is 0. The van der Waals surface area contributed by atoms with Crippen molar-refractivity contribution in [1.29, 1.82) is 0 Å². The third-order valence-corrected chi connectivity index (χ3v) is 3.33. The van der Waals surface area contributed by atoms with Crippen LogP contribution >= 0.6 is 0 Å². The highest BCUT2D eigenvalue weighted by molar-refractivity contribution is 5.47. The van der Waals surface area contributed by atoms with E-state index in [0.717, 1.165) is 31.2 Å². The largest absolute Gasteiger partial charge is 0.368 e. The average Bonchev–Trinajstić information content (AvgIpc) is 2.21. The molecule has 0 atom stereocenters. The maximum absolute atomic E-state index is 5.61. The lowest BCUT2D eigenvalue weighted by atomic mass is 9.91. The highest BCUT2D eigenvalue weighted by atomic mass is 15.2. The van der Waals surface area contributed by atoms with Gasteiger partial charge in [-0.25, -0.2) is 0 Å². The molecule has 0 unspecified atom stereocenters. The Morgan fingerprint density at radius 1 is 1.50 bits per heavy atom. The second-order valence-corrected chi connectivity index (χ2v) is 4.58. The van der Waals surface area contributed by atoms with Gasteiger partial charge in [-0.15, -0.1) is 0 Å². The van der Waals surface area contributed by atoms with Crippen LogP contribution in [0.5, 0.6) is 0 Å². The highest BCUT2D eigenvalue weighted by Gasteiger charge is 2.24. The van der Waals surface area contributed by atoms with E-state index in [1.807, 2.05) is 13.1 Å². The van der Waals surface area contributed by atoms with Gasteiger partial charge < -0.3 is 10.6 Å². The van der Waals surface area contributed by atoms with Gasteiger partial charge in [0.2, 0.25) is 0 Å². The normalized spacial score (nSPS) is 15.9. The van der Waals surface area contributed by atoms with Gasteiger partial charge in [0.05, 0.1) is 0 Å². The minimum atomic E-state index is 0.730. The lowest BCUT2D eigenvalue weighted by Crippen LogP contribution is -2.41. The van der Waals surface area contributed by atoms with Gasteiger partial charge in [-0.1, -0.05) is 0 Å². The average molecular weight is 219 g/mol. The van der Waals surface area contributed by atoms with Crippen molar-refractivity contribution in [2.45, 2.75) is 38.6 Å². The van der Waals surface area contributed by atoms with Crippen molar-refractivity contribution in [2.75, 3.05) is 18.0 Å². The molecule has 1 aliphatic carbocycles. The lowest BCUT2D eigenvalue weighted by Gasteiger charge is -2.39. The summed E-state index contributed by atoms with van der Waals surface area (Å²) in [5.41, 5.74) is 8.01. The Labute approximate surface area is 97.7 Å². The van der Waals surface area contributed by atoms with Crippen LogP contribution in [0.2, 0.25) is 0 Å². The molecular weight excluding hydrogens is 198 g/mol. The quantitative estimate of drug-likeness (QED) is 0.824. The molecular formula is C13H21N3. The molecule has 1 fully saturated rings. The smallest absolute Gasteiger partial charge is 0.0402 e. The molecule has 0 radical (unpaired) electrons. The molecule has 0 amide bonds. The van der Waals surface area contributed by atoms with Gasteiger partial charge >= 0.3 is 0 Å². The fraction of sp³-hybridized carbons (Fsp3) is 0.615. The summed E-state index contributed by atoms with van der Waals surface area (Å²) in [4.78, 5) is 6.76. The highest BCUT2D eigenvalue weighted by Crippen LogP contribution is 2.29. The molecule has 0 aromatic carbocycles. The van der Waals surface area contributed by atoms with Crippen LogP contribution in [-0.4, -0.2) is 24.1 Å². The Morgan fingerprint density at radius 3 is 2.88 bits per heavy atom. The van der Waals surface area contributed by atoms with Crippen LogP contribution in [0.1, 0.15) is 31.4 Å². The number of hydrogen-bond donors (Lipinski definition) is 1. The van der Waals surface area contributed by atoms with Crippen molar-refractivity contribution in [3.8, 4) is 0 Å². The zero-order valence-corrected chi connectivity index (χ0v) is 10.0. The van der Waals surface area contributed by atoms with Crippen molar-refractivity contribution in [3.05, 3.63) is 24.0 Å². The second-order valence-electron chi connectivity index (χ2n) is 4.58. The summed E-state index contributed by atoms with van der Waals surface area (Å²) in [6.45, 7) is 3.89. The summed E-state index contributed by atoms with van der Waals surface area (Å²) < 4.78 is 0. The molecule has 3 heteroatoms. The molecule has 0 bridgehead atoms. The van der Waals surface area contributed by atoms with E-state index in [0.29, 0.717) is 0 Å². The topological polar surface area (TPSA) is 42.1 Å². The molecule has 1 aromatic heterocycles. The van der Waals surface area contributed by atoms with Crippen LogP contribution in [0.4, 0.5) is 5.69 Å². The Hall–Kier alpha value is -1.09. The summed E-state index contributed by atoms with van der Waals surface area (Å²) in [6.07, 6.45) is 6.99. The monoisotopic (exact) mass is 219 g/mol. The first-order valence-electron chi connectivity index (χ1n) is 6.20. The zero-order valence-electron chi connectivity index (χ0n) is 10.0. The first-order valence-corrected chi connectivity index (χ1v) is 6.20. The van der Waals surface area contributed by atoms with E-state index in [4.69, 9.17) is 5.73 Å². The van der Waals surface area contributed by atoms with Crippen molar-refractivity contribution < 1.29 is 0 Å². The zero-order chi connectivity index (χ0) is 11.4. The van der Waals surface area contributed by atoms with Gasteiger partial charge in [0.1, 0.15) is 0 Å². The predicted molar refractivity (Wildman–Crippen MR) is 67.6 cm³/mol. The van der Waals surface area contributed by atoms with Crippen LogP contribution in [0.25, 0.3) is 0 Å². The van der Waals surface area contributed by atoms with Crippen molar-refractivity contribution in [2.24, 2.45) is 5.73 Å². The van der Waals surface area contributed by atoms with E-state index < -0.39 is 0 Å². The molecule has 1 aromatic rings. The van der Waals surface area contributed by atoms with E-state index >= 15 is 0 Å². The molecule has 3 nitrogen and oxygen atoms in total. The number of pyridine rings is 1. The fourth-order valence-corrected chi connectivity index (χ4v) is 2.19. The molecule has 2 rings (SSSR count). The maximum Gasteiger partial charge on any atom is 0.0402 e. The SMILES string of the molecule is Cc1cc(N(CCCN)C2CCC2)ccn1. The van der Waals surface area contributed by atoms with Gasteiger partial charge in [0, 0.05) is 30.2 Å². The number of hydrogen-bond acceptors (Lipinski definition) is 3.